The molecule has 10 fully saturated rings. The van der Waals surface area contributed by atoms with Gasteiger partial charge < -0.3 is 43.0 Å². The summed E-state index contributed by atoms with van der Waals surface area (Å²) in [5.41, 5.74) is 2.19. The van der Waals surface area contributed by atoms with Gasteiger partial charge in [-0.1, -0.05) is 0 Å². The lowest BCUT2D eigenvalue weighted by Crippen LogP contribution is -3.62. The number of alkyl halides is 12. The lowest BCUT2D eigenvalue weighted by atomic mass is 9.51. The van der Waals surface area contributed by atoms with Gasteiger partial charge in [0.05, 0.1) is 0 Å². The summed E-state index contributed by atoms with van der Waals surface area (Å²) in [7, 11) is 0. The number of aryl methyl sites for hydroxylation is 4. The molecule has 2 saturated heterocycles. The number of rotatable bonds is 12. The Hall–Kier alpha value is -4.61. The molecule has 4 atom stereocenters. The second-order valence-corrected chi connectivity index (χ2v) is 38.9. The third-order valence-corrected chi connectivity index (χ3v) is 30.0. The first-order chi connectivity index (χ1) is 51.4. The Bertz CT molecular complexity index is 4090. The summed E-state index contributed by atoms with van der Waals surface area (Å²) >= 11 is 6.13. The van der Waals surface area contributed by atoms with Crippen molar-refractivity contribution in [3.05, 3.63) is 204 Å². The van der Waals surface area contributed by atoms with Crippen LogP contribution in [0, 0.1) is 99.8 Å². The predicted octanol–water partition coefficient (Wildman–Crippen LogP) is 15.5. The number of ether oxygens (including phenoxy) is 8. The van der Waals surface area contributed by atoms with Crippen LogP contribution in [0.2, 0.25) is 0 Å². The van der Waals surface area contributed by atoms with Crippen LogP contribution in [-0.2, 0) is 38.0 Å². The van der Waals surface area contributed by atoms with Gasteiger partial charge in [-0.25, -0.2) is 18.4 Å². The summed E-state index contributed by atoms with van der Waals surface area (Å²) < 4.78 is 241. The van der Waals surface area contributed by atoms with Crippen molar-refractivity contribution < 1.29 is 156 Å². The maximum atomic E-state index is 13.7. The lowest BCUT2D eigenvalue weighted by Gasteiger charge is -2.63. The highest BCUT2D eigenvalue weighted by molar-refractivity contribution is 14.1. The van der Waals surface area contributed by atoms with Gasteiger partial charge in [-0.3, -0.25) is 0 Å². The van der Waals surface area contributed by atoms with Crippen LogP contribution in [0.5, 0.6) is 28.7 Å². The summed E-state index contributed by atoms with van der Waals surface area (Å²) in [6.07, 6.45) is 2.93. The quantitative estimate of drug-likeness (QED) is 0.0713. The molecule has 7 aromatic rings. The molecule has 10 aliphatic rings. The third-order valence-electron chi connectivity index (χ3n) is 20.7. The van der Waals surface area contributed by atoms with Gasteiger partial charge >= 0.3 is 89.9 Å². The van der Waals surface area contributed by atoms with Crippen molar-refractivity contribution in [1.29, 1.82) is 0 Å². The highest BCUT2D eigenvalue weighted by Gasteiger charge is 2.72. The second-order valence-electron chi connectivity index (χ2n) is 29.4. The first kappa shape index (κ1) is 86.3. The number of esters is 2. The Morgan fingerprint density at radius 2 is 0.673 bits per heavy atom. The van der Waals surface area contributed by atoms with E-state index >= 15 is 0 Å². The molecule has 0 radical (unpaired) electrons. The molecule has 2 spiro atoms. The highest BCUT2D eigenvalue weighted by Crippen LogP contribution is 2.66. The summed E-state index contributed by atoms with van der Waals surface area (Å²) in [6.45, 7) is 3.15. The number of phenolic OH excluding ortho intramolecular Hbond substituents is 1. The molecule has 110 heavy (non-hydrogen) atoms. The fourth-order valence-electron chi connectivity index (χ4n) is 15.7. The molecule has 594 valence electrons. The van der Waals surface area contributed by atoms with Gasteiger partial charge in [-0.15, -0.1) is 0 Å². The zero-order valence-electron chi connectivity index (χ0n) is 59.9. The van der Waals surface area contributed by atoms with Gasteiger partial charge in [0.15, 0.2) is 25.9 Å². The molecule has 0 aromatic heterocycles. The van der Waals surface area contributed by atoms with Crippen molar-refractivity contribution in [1.82, 2.24) is 0 Å². The van der Waals surface area contributed by atoms with Crippen LogP contribution in [0.1, 0.15) is 100 Å². The number of carbonyl (C=O) groups is 2. The van der Waals surface area contributed by atoms with Gasteiger partial charge in [0.2, 0.25) is 0 Å². The molecule has 4 unspecified atom stereocenters. The molecule has 1 N–H and O–H groups in total. The monoisotopic (exact) mass is 2110 g/mol. The minimum atomic E-state index is -4.36. The zero-order chi connectivity index (χ0) is 80.0. The topological polar surface area (TPSA) is 128 Å². The predicted molar refractivity (Wildman–Crippen MR) is 394 cm³/mol. The van der Waals surface area contributed by atoms with Gasteiger partial charge in [0, 0.05) is 70.5 Å². The Morgan fingerprint density at radius 3 is 0.936 bits per heavy atom. The normalized spacial score (nSPS) is 25.6. The number of benzene rings is 7. The number of phenols is 1. The maximum Gasteiger partial charge on any atom is 0.377 e. The van der Waals surface area contributed by atoms with E-state index in [4.69, 9.17) is 43.0 Å². The third kappa shape index (κ3) is 20.2. The molecule has 8 aliphatic carbocycles. The summed E-state index contributed by atoms with van der Waals surface area (Å²) in [4.78, 5) is 23.4. The molecule has 2 heterocycles. The van der Waals surface area contributed by atoms with Gasteiger partial charge in [0.25, 0.3) is 0 Å². The summed E-state index contributed by atoms with van der Waals surface area (Å²) in [5, 5.41) is 8.75. The van der Waals surface area contributed by atoms with Crippen LogP contribution < -0.4 is 51.9 Å². The first-order valence-corrected chi connectivity index (χ1v) is 42.6. The van der Waals surface area contributed by atoms with E-state index in [1.807, 2.05) is 62.4 Å². The summed E-state index contributed by atoms with van der Waals surface area (Å²) in [6, 6.07) is 45.8. The van der Waals surface area contributed by atoms with E-state index in [-0.39, 0.29) is 91.6 Å². The number of aromatic hydroxyl groups is 1. The smallest absolute Gasteiger partial charge is 0.377 e. The van der Waals surface area contributed by atoms with E-state index in [0.29, 0.717) is 58.1 Å². The molecule has 8 bridgehead atoms. The molecule has 8 saturated carbocycles. The van der Waals surface area contributed by atoms with E-state index in [1.54, 1.807) is 24.3 Å². The number of halogens is 19. The minimum absolute atomic E-state index is 0.0166. The Kier molecular flexibility index (Phi) is 26.6. The average Bonchev–Trinajstić information content (AvgIpc) is 1.21. The molecule has 11 nitrogen and oxygen atoms in total. The molecule has 30 heteroatoms. The maximum absolute atomic E-state index is 13.7. The van der Waals surface area contributed by atoms with Crippen molar-refractivity contribution in [2.45, 2.75) is 164 Å². The number of hydrogen-bond acceptors (Lipinski definition) is 11. The standard InChI is InChI=1S/C26H20I3O2.2C17H20F6O4.C14H12F2I.C6H5IO/c1-17-15-23(30-21-7-3-19(27)4-8-21)11-13-25(17)29-26-14-12-24(16-18(26)2)31-22-9-5-20(28)6-10-22;2*1-13(18,19)12(24)27-14-4-9-2-10(5-14)17(11(3-9)6-14)25-7-15(20,21)16(22,23)8-26-17;1-9-7-11(15)3-5-13(9)17-14-6-4-12(16)8-10(14)2;7-5-1-3-6(8)4-2-5/h3-16H,1-2H3;2*9-11H,2-8H2,1H3;3-8H,1-2H3;1-4,8H/q+1;;;+1;. The van der Waals surface area contributed by atoms with Crippen LogP contribution in [0.3, 0.4) is 0 Å². The van der Waals surface area contributed by atoms with E-state index in [9.17, 15) is 71.1 Å². The van der Waals surface area contributed by atoms with Crippen molar-refractivity contribution >= 4 is 79.7 Å². The Morgan fingerprint density at radius 1 is 0.409 bits per heavy atom. The highest BCUT2D eigenvalue weighted by atomic mass is 127. The average molecular weight is 2110 g/mol. The van der Waals surface area contributed by atoms with Crippen LogP contribution in [-0.4, -0.2) is 102 Å². The molecule has 0 amide bonds. The molecule has 17 rings (SSSR count). The minimum Gasteiger partial charge on any atom is -0.508 e. The molecular formula is C80H77F14I5O11+2. The van der Waals surface area contributed by atoms with Gasteiger partial charge in [0.1, 0.15) is 78.0 Å². The van der Waals surface area contributed by atoms with Gasteiger partial charge in [-0.05, 0) is 317 Å². The van der Waals surface area contributed by atoms with E-state index < -0.39 is 120 Å². The fraction of sp³-hybridized carbons (Fsp3) is 0.450. The second kappa shape index (κ2) is 33.9. The lowest BCUT2D eigenvalue weighted by molar-refractivity contribution is -0.599. The number of hydrogen-bond donors (Lipinski definition) is 1. The Labute approximate surface area is 689 Å². The van der Waals surface area contributed by atoms with E-state index in [0.717, 1.165) is 37.7 Å². The molecule has 7 aromatic carbocycles. The van der Waals surface area contributed by atoms with Crippen molar-refractivity contribution in [2.24, 2.45) is 35.5 Å². The SMILES string of the molecule is CC(F)(F)C(=O)OC12CC3CC(C1)C1(OCC(F)(F)C(F)(F)CO1)C(C3)C2.CC(F)(F)C(=O)OC12CC3CC(C1)C1(OCC(F)(F)C(F)(F)CO1)C(C3)C2.Cc1cc(F)ccc1[I+]c1ccc(F)cc1C.Cc1cc(Oc2ccc(I)cc2)ccc1[I+]c1ccc(Oc2ccc(I)cc2)cc1C.Oc1ccc(I)cc1. The van der Waals surface area contributed by atoms with Crippen molar-refractivity contribution in [2.75, 3.05) is 26.4 Å². The zero-order valence-corrected chi connectivity index (χ0v) is 70.7. The van der Waals surface area contributed by atoms with Crippen LogP contribution in [0.25, 0.3) is 0 Å². The van der Waals surface area contributed by atoms with Gasteiger partial charge in [-0.2, -0.15) is 52.7 Å². The Balaban J connectivity index is 0.000000143. The van der Waals surface area contributed by atoms with Crippen LogP contribution >= 0.6 is 67.8 Å². The molecule has 2 aliphatic heterocycles. The fourth-order valence-corrected chi connectivity index (χ4v) is 21.8. The largest absolute Gasteiger partial charge is 0.508 e. The number of carbonyl (C=O) groups excluding carboxylic acids is 2. The first-order valence-electron chi connectivity index (χ1n) is 35.0. The summed E-state index contributed by atoms with van der Waals surface area (Å²) in [5.74, 6) is -30.1. The van der Waals surface area contributed by atoms with Crippen LogP contribution in [0.15, 0.2) is 146 Å². The molecular weight excluding hydrogens is 2040 g/mol. The van der Waals surface area contributed by atoms with Crippen molar-refractivity contribution in [3.8, 4) is 28.7 Å². The van der Waals surface area contributed by atoms with Crippen LogP contribution in [0.4, 0.5) is 61.5 Å². The van der Waals surface area contributed by atoms with E-state index in [2.05, 4.69) is 142 Å². The van der Waals surface area contributed by atoms with Crippen molar-refractivity contribution in [3.63, 3.8) is 0 Å². The van der Waals surface area contributed by atoms with E-state index in [1.165, 1.54) is 44.7 Å².